The Morgan fingerprint density at radius 1 is 1.33 bits per heavy atom. The van der Waals surface area contributed by atoms with Gasteiger partial charge in [-0.15, -0.1) is 11.8 Å². The van der Waals surface area contributed by atoms with Crippen LogP contribution in [-0.4, -0.2) is 37.3 Å². The lowest BCUT2D eigenvalue weighted by Gasteiger charge is -2.31. The van der Waals surface area contributed by atoms with Gasteiger partial charge in [-0.2, -0.15) is 0 Å². The lowest BCUT2D eigenvalue weighted by atomic mass is 10.2. The summed E-state index contributed by atoms with van der Waals surface area (Å²) < 4.78 is 0. The predicted octanol–water partition coefficient (Wildman–Crippen LogP) is 1.53. The van der Waals surface area contributed by atoms with Crippen LogP contribution < -0.4 is 15.5 Å². The van der Waals surface area contributed by atoms with Gasteiger partial charge >= 0.3 is 0 Å². The Hall–Kier alpha value is -1.20. The quantitative estimate of drug-likeness (QED) is 0.806. The van der Waals surface area contributed by atoms with Crippen molar-refractivity contribution in [3.05, 3.63) is 18.2 Å². The SMILES string of the molecule is CC1Sc2cc(N3CCNCC3)ccc2NC1=O. The van der Waals surface area contributed by atoms with E-state index in [1.807, 2.05) is 13.0 Å². The average molecular weight is 263 g/mol. The summed E-state index contributed by atoms with van der Waals surface area (Å²) in [6, 6.07) is 6.31. The monoisotopic (exact) mass is 263 g/mol. The minimum absolute atomic E-state index is 0.00391. The van der Waals surface area contributed by atoms with Crippen molar-refractivity contribution >= 4 is 29.0 Å². The van der Waals surface area contributed by atoms with Crippen molar-refractivity contribution in [1.82, 2.24) is 5.32 Å². The second-order valence-corrected chi connectivity index (χ2v) is 6.05. The van der Waals surface area contributed by atoms with E-state index in [1.165, 1.54) is 10.6 Å². The van der Waals surface area contributed by atoms with Crippen LogP contribution in [0, 0.1) is 0 Å². The van der Waals surface area contributed by atoms with Crippen LogP contribution in [0.2, 0.25) is 0 Å². The van der Waals surface area contributed by atoms with Gasteiger partial charge in [-0.25, -0.2) is 0 Å². The number of hydrogen-bond acceptors (Lipinski definition) is 4. The first-order valence-corrected chi connectivity index (χ1v) is 7.19. The molecule has 96 valence electrons. The van der Waals surface area contributed by atoms with Crippen molar-refractivity contribution in [3.8, 4) is 0 Å². The minimum atomic E-state index is -0.00391. The summed E-state index contributed by atoms with van der Waals surface area (Å²) in [4.78, 5) is 15.2. The standard InChI is InChI=1S/C13H17N3OS/c1-9-13(17)15-11-3-2-10(8-12(11)18-9)16-6-4-14-5-7-16/h2-3,8-9,14H,4-7H2,1H3,(H,15,17). The number of rotatable bonds is 1. The maximum Gasteiger partial charge on any atom is 0.237 e. The highest BCUT2D eigenvalue weighted by Gasteiger charge is 2.23. The number of anilines is 2. The van der Waals surface area contributed by atoms with Crippen molar-refractivity contribution in [1.29, 1.82) is 0 Å². The Balaban J connectivity index is 1.86. The molecule has 4 nitrogen and oxygen atoms in total. The van der Waals surface area contributed by atoms with Gasteiger partial charge in [-0.05, 0) is 25.1 Å². The van der Waals surface area contributed by atoms with Crippen molar-refractivity contribution in [2.45, 2.75) is 17.1 Å². The number of benzene rings is 1. The van der Waals surface area contributed by atoms with Gasteiger partial charge in [0.25, 0.3) is 0 Å². The van der Waals surface area contributed by atoms with Gasteiger partial charge < -0.3 is 15.5 Å². The van der Waals surface area contributed by atoms with Crippen molar-refractivity contribution in [2.24, 2.45) is 0 Å². The largest absolute Gasteiger partial charge is 0.369 e. The second kappa shape index (κ2) is 4.82. The summed E-state index contributed by atoms with van der Waals surface area (Å²) in [5.41, 5.74) is 2.20. The number of carbonyl (C=O) groups excluding carboxylic acids is 1. The third-order valence-corrected chi connectivity index (χ3v) is 4.54. The van der Waals surface area contributed by atoms with Crippen LogP contribution in [0.3, 0.4) is 0 Å². The zero-order chi connectivity index (χ0) is 12.5. The van der Waals surface area contributed by atoms with E-state index in [1.54, 1.807) is 11.8 Å². The van der Waals surface area contributed by atoms with Gasteiger partial charge in [0.05, 0.1) is 10.9 Å². The Kier molecular flexibility index (Phi) is 3.18. The Morgan fingerprint density at radius 3 is 2.89 bits per heavy atom. The first-order valence-electron chi connectivity index (χ1n) is 6.31. The summed E-state index contributed by atoms with van der Waals surface area (Å²) in [5.74, 6) is 0.0995. The Morgan fingerprint density at radius 2 is 2.11 bits per heavy atom. The van der Waals surface area contributed by atoms with E-state index >= 15 is 0 Å². The van der Waals surface area contributed by atoms with Crippen LogP contribution in [0.4, 0.5) is 11.4 Å². The molecule has 3 rings (SSSR count). The van der Waals surface area contributed by atoms with Gasteiger partial charge in [-0.1, -0.05) is 0 Å². The molecule has 0 bridgehead atoms. The molecule has 1 unspecified atom stereocenters. The van der Waals surface area contributed by atoms with Gasteiger partial charge in [0, 0.05) is 36.8 Å². The normalized spacial score (nSPS) is 23.5. The van der Waals surface area contributed by atoms with E-state index < -0.39 is 0 Å². The van der Waals surface area contributed by atoms with Crippen molar-refractivity contribution in [3.63, 3.8) is 0 Å². The Bertz CT molecular complexity index is 471. The number of piperazine rings is 1. The van der Waals surface area contributed by atoms with Crippen LogP contribution in [0.5, 0.6) is 0 Å². The van der Waals surface area contributed by atoms with E-state index in [-0.39, 0.29) is 11.2 Å². The highest BCUT2D eigenvalue weighted by atomic mass is 32.2. The number of nitrogens with one attached hydrogen (secondary N) is 2. The molecule has 0 spiro atoms. The second-order valence-electron chi connectivity index (χ2n) is 4.67. The zero-order valence-corrected chi connectivity index (χ0v) is 11.2. The van der Waals surface area contributed by atoms with Crippen molar-refractivity contribution in [2.75, 3.05) is 36.4 Å². The molecule has 18 heavy (non-hydrogen) atoms. The number of hydrogen-bond donors (Lipinski definition) is 2. The topological polar surface area (TPSA) is 44.4 Å². The lowest BCUT2D eigenvalue weighted by molar-refractivity contribution is -0.115. The van der Waals surface area contributed by atoms with Crippen molar-refractivity contribution < 1.29 is 4.79 Å². The first-order chi connectivity index (χ1) is 8.74. The third kappa shape index (κ3) is 2.20. The molecular weight excluding hydrogens is 246 g/mol. The molecule has 2 heterocycles. The van der Waals surface area contributed by atoms with E-state index in [9.17, 15) is 4.79 Å². The maximum absolute atomic E-state index is 11.6. The molecule has 1 amide bonds. The minimum Gasteiger partial charge on any atom is -0.369 e. The van der Waals surface area contributed by atoms with Gasteiger partial charge in [0.2, 0.25) is 5.91 Å². The first kappa shape index (κ1) is 11.9. The van der Waals surface area contributed by atoms with Crippen LogP contribution in [0.25, 0.3) is 0 Å². The molecule has 0 radical (unpaired) electrons. The summed E-state index contributed by atoms with van der Waals surface area (Å²) in [7, 11) is 0. The van der Waals surface area contributed by atoms with Crippen LogP contribution in [0.15, 0.2) is 23.1 Å². The third-order valence-electron chi connectivity index (χ3n) is 3.38. The fourth-order valence-corrected chi connectivity index (χ4v) is 3.29. The molecule has 1 aromatic rings. The molecule has 0 aliphatic carbocycles. The zero-order valence-electron chi connectivity index (χ0n) is 10.4. The smallest absolute Gasteiger partial charge is 0.237 e. The highest BCUT2D eigenvalue weighted by molar-refractivity contribution is 8.01. The molecule has 2 aliphatic rings. The number of nitrogens with zero attached hydrogens (tertiary/aromatic N) is 1. The van der Waals surface area contributed by atoms with Crippen LogP contribution in [-0.2, 0) is 4.79 Å². The molecule has 1 saturated heterocycles. The van der Waals surface area contributed by atoms with Gasteiger partial charge in [-0.3, -0.25) is 4.79 Å². The molecule has 2 N–H and O–H groups in total. The number of thioether (sulfide) groups is 1. The summed E-state index contributed by atoms with van der Waals surface area (Å²) in [6.07, 6.45) is 0. The summed E-state index contributed by atoms with van der Waals surface area (Å²) in [6.45, 7) is 6.12. The molecule has 5 heteroatoms. The number of carbonyl (C=O) groups is 1. The summed E-state index contributed by atoms with van der Waals surface area (Å²) in [5, 5.41) is 6.30. The molecule has 2 aliphatic heterocycles. The lowest BCUT2D eigenvalue weighted by Crippen LogP contribution is -2.43. The molecule has 1 fully saturated rings. The van der Waals surface area contributed by atoms with E-state index in [0.29, 0.717) is 0 Å². The molecule has 0 saturated carbocycles. The number of fused-ring (bicyclic) bond motifs is 1. The van der Waals surface area contributed by atoms with E-state index in [2.05, 4.69) is 27.7 Å². The predicted molar refractivity (Wildman–Crippen MR) is 75.5 cm³/mol. The van der Waals surface area contributed by atoms with Gasteiger partial charge in [0.15, 0.2) is 0 Å². The Labute approximate surface area is 111 Å². The average Bonchev–Trinajstić information content (AvgIpc) is 2.41. The van der Waals surface area contributed by atoms with Gasteiger partial charge in [0.1, 0.15) is 0 Å². The fourth-order valence-electron chi connectivity index (χ4n) is 2.31. The molecular formula is C13H17N3OS. The molecule has 0 aromatic heterocycles. The van der Waals surface area contributed by atoms with E-state index in [0.717, 1.165) is 31.9 Å². The molecule has 1 aromatic carbocycles. The fraction of sp³-hybridized carbons (Fsp3) is 0.462. The number of amides is 1. The van der Waals surface area contributed by atoms with E-state index in [4.69, 9.17) is 0 Å². The summed E-state index contributed by atoms with van der Waals surface area (Å²) >= 11 is 1.64. The van der Waals surface area contributed by atoms with Crippen LogP contribution >= 0.6 is 11.8 Å². The highest BCUT2D eigenvalue weighted by Crippen LogP contribution is 2.37. The maximum atomic E-state index is 11.6. The molecule has 1 atom stereocenters. The van der Waals surface area contributed by atoms with Crippen LogP contribution in [0.1, 0.15) is 6.92 Å².